The van der Waals surface area contributed by atoms with Crippen LogP contribution < -0.4 is 5.73 Å². The Morgan fingerprint density at radius 1 is 1.38 bits per heavy atom. The first kappa shape index (κ1) is 13.2. The summed E-state index contributed by atoms with van der Waals surface area (Å²) in [5.41, 5.74) is 6.08. The summed E-state index contributed by atoms with van der Waals surface area (Å²) in [6, 6.07) is 1.51. The summed E-state index contributed by atoms with van der Waals surface area (Å²) in [5.74, 6) is -0.663. The van der Waals surface area contributed by atoms with Gasteiger partial charge in [0.25, 0.3) is 0 Å². The second-order valence-electron chi connectivity index (χ2n) is 4.05. The second kappa shape index (κ2) is 4.94. The molecule has 3 heterocycles. The van der Waals surface area contributed by atoms with E-state index in [1.165, 1.54) is 25.6 Å². The van der Waals surface area contributed by atoms with E-state index in [4.69, 9.17) is 5.73 Å². The Hall–Kier alpha value is -2.81. The second-order valence-corrected chi connectivity index (χ2v) is 5.06. The summed E-state index contributed by atoms with van der Waals surface area (Å²) in [6.07, 6.45) is 4.50. The van der Waals surface area contributed by atoms with Crippen molar-refractivity contribution < 1.29 is 14.3 Å². The van der Waals surface area contributed by atoms with Crippen molar-refractivity contribution in [3.8, 4) is 11.4 Å². The van der Waals surface area contributed by atoms with Gasteiger partial charge in [-0.2, -0.15) is 0 Å². The lowest BCUT2D eigenvalue weighted by atomic mass is 10.1. The van der Waals surface area contributed by atoms with Crippen LogP contribution in [0, 0.1) is 0 Å². The number of rotatable bonds is 3. The van der Waals surface area contributed by atoms with E-state index < -0.39 is 11.9 Å². The molecule has 106 valence electrons. The quantitative estimate of drug-likeness (QED) is 0.714. The third-order valence-electron chi connectivity index (χ3n) is 2.83. The summed E-state index contributed by atoms with van der Waals surface area (Å²) in [6.45, 7) is 0. The maximum absolute atomic E-state index is 11.5. The van der Waals surface area contributed by atoms with Crippen molar-refractivity contribution in [2.75, 3.05) is 7.11 Å². The topological polar surface area (TPSA) is 112 Å². The number of ether oxygens (including phenoxy) is 1. The first-order valence-electron chi connectivity index (χ1n) is 5.79. The highest BCUT2D eigenvalue weighted by Crippen LogP contribution is 2.25. The van der Waals surface area contributed by atoms with Gasteiger partial charge in [-0.1, -0.05) is 11.3 Å². The van der Waals surface area contributed by atoms with Crippen LogP contribution in [0.5, 0.6) is 0 Å². The lowest BCUT2D eigenvalue weighted by Gasteiger charge is -2.02. The van der Waals surface area contributed by atoms with Gasteiger partial charge in [0, 0.05) is 18.6 Å². The van der Waals surface area contributed by atoms with Gasteiger partial charge in [-0.15, -0.1) is 10.2 Å². The summed E-state index contributed by atoms with van der Waals surface area (Å²) in [7, 11) is 1.30. The number of nitrogens with two attached hydrogens (primary N) is 1. The number of pyridine rings is 1. The largest absolute Gasteiger partial charge is 0.465 e. The summed E-state index contributed by atoms with van der Waals surface area (Å²) < 4.78 is 6.26. The van der Waals surface area contributed by atoms with Gasteiger partial charge in [0.15, 0.2) is 5.82 Å². The van der Waals surface area contributed by atoms with Gasteiger partial charge in [-0.05, 0) is 6.07 Å². The SMILES string of the molecule is COC(=O)c1cn2c(-c3cnccc3C(N)=O)nnc2s1. The van der Waals surface area contributed by atoms with Crippen LogP contribution in [0.1, 0.15) is 20.0 Å². The molecule has 8 nitrogen and oxygen atoms in total. The number of hydrogen-bond donors (Lipinski definition) is 1. The lowest BCUT2D eigenvalue weighted by molar-refractivity contribution is 0.0605. The van der Waals surface area contributed by atoms with Crippen molar-refractivity contribution in [3.05, 3.63) is 35.1 Å². The van der Waals surface area contributed by atoms with Crippen LogP contribution in [0.4, 0.5) is 0 Å². The van der Waals surface area contributed by atoms with Crippen LogP contribution >= 0.6 is 11.3 Å². The number of aromatic nitrogens is 4. The monoisotopic (exact) mass is 303 g/mol. The highest BCUT2D eigenvalue weighted by molar-refractivity contribution is 7.18. The van der Waals surface area contributed by atoms with Gasteiger partial charge >= 0.3 is 5.97 Å². The van der Waals surface area contributed by atoms with Gasteiger partial charge in [-0.3, -0.25) is 14.2 Å². The molecule has 0 aliphatic heterocycles. The third kappa shape index (κ3) is 2.13. The normalized spacial score (nSPS) is 10.7. The van der Waals surface area contributed by atoms with E-state index in [2.05, 4.69) is 19.9 Å². The standard InChI is InChI=1S/C12H9N5O3S/c1-20-11(19)8-5-17-10(15-16-12(17)21-8)7-4-14-3-2-6(7)9(13)18/h2-5H,1H3,(H2,13,18). The zero-order valence-corrected chi connectivity index (χ0v) is 11.6. The van der Waals surface area contributed by atoms with Crippen molar-refractivity contribution in [2.45, 2.75) is 0 Å². The molecular formula is C12H9N5O3S. The van der Waals surface area contributed by atoms with Gasteiger partial charge in [0.05, 0.1) is 18.2 Å². The van der Waals surface area contributed by atoms with E-state index in [1.54, 1.807) is 10.6 Å². The number of esters is 1. The minimum absolute atomic E-state index is 0.283. The van der Waals surface area contributed by atoms with E-state index in [0.29, 0.717) is 21.2 Å². The molecule has 0 radical (unpaired) electrons. The van der Waals surface area contributed by atoms with Gasteiger partial charge < -0.3 is 10.5 Å². The molecule has 0 saturated carbocycles. The summed E-state index contributed by atoms with van der Waals surface area (Å²) in [4.78, 5) is 27.9. The van der Waals surface area contributed by atoms with E-state index >= 15 is 0 Å². The fourth-order valence-electron chi connectivity index (χ4n) is 1.87. The van der Waals surface area contributed by atoms with Gasteiger partial charge in [0.2, 0.25) is 10.9 Å². The van der Waals surface area contributed by atoms with E-state index in [-0.39, 0.29) is 5.56 Å². The van der Waals surface area contributed by atoms with Crippen LogP contribution in [-0.4, -0.2) is 38.6 Å². The summed E-state index contributed by atoms with van der Waals surface area (Å²) >= 11 is 1.14. The average molecular weight is 303 g/mol. The van der Waals surface area contributed by atoms with Crippen LogP contribution in [-0.2, 0) is 4.74 Å². The number of amides is 1. The maximum atomic E-state index is 11.5. The maximum Gasteiger partial charge on any atom is 0.349 e. The molecule has 21 heavy (non-hydrogen) atoms. The Kier molecular flexibility index (Phi) is 3.10. The van der Waals surface area contributed by atoms with E-state index in [1.807, 2.05) is 0 Å². The molecule has 2 N–H and O–H groups in total. The van der Waals surface area contributed by atoms with Crippen molar-refractivity contribution >= 4 is 28.2 Å². The number of nitrogens with zero attached hydrogens (tertiary/aromatic N) is 4. The highest BCUT2D eigenvalue weighted by Gasteiger charge is 2.19. The molecular weight excluding hydrogens is 294 g/mol. The number of hydrogen-bond acceptors (Lipinski definition) is 7. The molecule has 0 atom stereocenters. The molecule has 0 fully saturated rings. The molecule has 0 aromatic carbocycles. The number of thiazole rings is 1. The molecule has 1 amide bonds. The summed E-state index contributed by atoms with van der Waals surface area (Å²) in [5, 5.41) is 8.00. The van der Waals surface area contributed by atoms with Crippen LogP contribution in [0.25, 0.3) is 16.3 Å². The number of primary amides is 1. The average Bonchev–Trinajstić information content (AvgIpc) is 3.06. The Morgan fingerprint density at radius 3 is 2.90 bits per heavy atom. The van der Waals surface area contributed by atoms with E-state index in [9.17, 15) is 9.59 Å². The van der Waals surface area contributed by atoms with E-state index in [0.717, 1.165) is 11.3 Å². The predicted octanol–water partition coefficient (Wildman–Crippen LogP) is 0.738. The number of methoxy groups -OCH3 is 1. The Bertz CT molecular complexity index is 854. The highest BCUT2D eigenvalue weighted by atomic mass is 32.1. The number of carbonyl (C=O) groups is 2. The fraction of sp³-hybridized carbons (Fsp3) is 0.0833. The molecule has 0 unspecified atom stereocenters. The molecule has 0 aliphatic rings. The number of fused-ring (bicyclic) bond motifs is 1. The lowest BCUT2D eigenvalue weighted by Crippen LogP contribution is -2.13. The smallest absolute Gasteiger partial charge is 0.349 e. The molecule has 0 aliphatic carbocycles. The minimum Gasteiger partial charge on any atom is -0.465 e. The minimum atomic E-state index is -0.590. The Labute approximate surface area is 122 Å². The molecule has 9 heteroatoms. The first-order chi connectivity index (χ1) is 10.1. The molecule has 3 aromatic rings. The first-order valence-corrected chi connectivity index (χ1v) is 6.60. The zero-order chi connectivity index (χ0) is 15.0. The van der Waals surface area contributed by atoms with Crippen molar-refractivity contribution in [1.82, 2.24) is 19.6 Å². The molecule has 3 rings (SSSR count). The predicted molar refractivity (Wildman–Crippen MR) is 74.0 cm³/mol. The van der Waals surface area contributed by atoms with Crippen molar-refractivity contribution in [1.29, 1.82) is 0 Å². The Balaban J connectivity index is 2.19. The molecule has 0 spiro atoms. The Morgan fingerprint density at radius 2 is 2.19 bits per heavy atom. The zero-order valence-electron chi connectivity index (χ0n) is 10.8. The molecule has 3 aromatic heterocycles. The van der Waals surface area contributed by atoms with Crippen LogP contribution in [0.3, 0.4) is 0 Å². The van der Waals surface area contributed by atoms with Gasteiger partial charge in [0.1, 0.15) is 4.88 Å². The van der Waals surface area contributed by atoms with Crippen LogP contribution in [0.2, 0.25) is 0 Å². The van der Waals surface area contributed by atoms with Crippen molar-refractivity contribution in [3.63, 3.8) is 0 Å². The molecule has 0 saturated heterocycles. The fourth-order valence-corrected chi connectivity index (χ4v) is 2.71. The van der Waals surface area contributed by atoms with Crippen molar-refractivity contribution in [2.24, 2.45) is 5.73 Å². The molecule has 0 bridgehead atoms. The third-order valence-corrected chi connectivity index (χ3v) is 3.78. The van der Waals surface area contributed by atoms with Gasteiger partial charge in [-0.25, -0.2) is 4.79 Å². The number of carbonyl (C=O) groups excluding carboxylic acids is 2. The van der Waals surface area contributed by atoms with Crippen LogP contribution in [0.15, 0.2) is 24.7 Å².